The van der Waals surface area contributed by atoms with E-state index in [1.54, 1.807) is 0 Å². The van der Waals surface area contributed by atoms with Crippen LogP contribution >= 0.6 is 0 Å². The van der Waals surface area contributed by atoms with Crippen molar-refractivity contribution in [3.8, 4) is 11.2 Å². The van der Waals surface area contributed by atoms with Gasteiger partial charge in [0, 0.05) is 36.8 Å². The maximum absolute atomic E-state index is 11.8. The van der Waals surface area contributed by atoms with E-state index in [0.717, 1.165) is 18.9 Å². The van der Waals surface area contributed by atoms with Crippen LogP contribution in [0.15, 0.2) is 17.6 Å². The van der Waals surface area contributed by atoms with E-state index in [9.17, 15) is 8.42 Å². The zero-order valence-electron chi connectivity index (χ0n) is 13.3. The smallest absolute Gasteiger partial charge is 0.321 e. The minimum Gasteiger partial charge on any atom is -0.397 e. The van der Waals surface area contributed by atoms with E-state index in [-0.39, 0.29) is 11.1 Å². The molecule has 0 saturated carbocycles. The first-order valence-electron chi connectivity index (χ1n) is 7.49. The van der Waals surface area contributed by atoms with Crippen LogP contribution in [0.1, 0.15) is 33.6 Å². The molecule has 0 radical (unpaired) electrons. The van der Waals surface area contributed by atoms with Crippen LogP contribution in [0.25, 0.3) is 0 Å². The molecule has 0 saturated heterocycles. The molecule has 0 aliphatic heterocycles. The van der Waals surface area contributed by atoms with Gasteiger partial charge in [0.05, 0.1) is 0 Å². The summed E-state index contributed by atoms with van der Waals surface area (Å²) in [6.07, 6.45) is 4.60. The fourth-order valence-electron chi connectivity index (χ4n) is 1.87. The molecule has 0 amide bonds. The minimum atomic E-state index is -3.64. The molecule has 0 aliphatic rings. The van der Waals surface area contributed by atoms with Crippen LogP contribution in [0.4, 0.5) is 0 Å². The number of H-pyrrole nitrogens is 1. The topological polar surface area (TPSA) is 81.3 Å². The van der Waals surface area contributed by atoms with Crippen LogP contribution in [0.2, 0.25) is 6.04 Å². The lowest BCUT2D eigenvalue weighted by molar-refractivity contribution is 0.212. The minimum absolute atomic E-state index is 0.00244. The van der Waals surface area contributed by atoms with Crippen molar-refractivity contribution in [3.63, 3.8) is 0 Å². The lowest BCUT2D eigenvalue weighted by Crippen LogP contribution is -2.22. The molecule has 1 N–H and O–H groups in total. The number of imidazole rings is 1. The van der Waals surface area contributed by atoms with Crippen molar-refractivity contribution in [2.45, 2.75) is 44.8 Å². The van der Waals surface area contributed by atoms with E-state index < -0.39 is 19.1 Å². The van der Waals surface area contributed by atoms with Crippen molar-refractivity contribution < 1.29 is 17.3 Å². The molecule has 8 heteroatoms. The first-order chi connectivity index (χ1) is 10.5. The predicted molar refractivity (Wildman–Crippen MR) is 87.2 cm³/mol. The highest BCUT2D eigenvalue weighted by atomic mass is 32.2. The zero-order valence-corrected chi connectivity index (χ0v) is 15.3. The average Bonchev–Trinajstić information content (AvgIpc) is 3.01. The zero-order chi connectivity index (χ0) is 16.4. The summed E-state index contributed by atoms with van der Waals surface area (Å²) in [5, 5.41) is 2.22. The Kier molecular flexibility index (Phi) is 8.41. The quantitative estimate of drug-likeness (QED) is 0.420. The molecule has 0 bridgehead atoms. The van der Waals surface area contributed by atoms with Gasteiger partial charge in [0.25, 0.3) is 9.84 Å². The van der Waals surface area contributed by atoms with Gasteiger partial charge in [0.2, 0.25) is 5.16 Å². The number of aromatic amines is 1. The third-order valence-corrected chi connectivity index (χ3v) is 6.36. The normalized spacial score (nSPS) is 12.9. The largest absolute Gasteiger partial charge is 0.397 e. The summed E-state index contributed by atoms with van der Waals surface area (Å²) in [7, 11) is -5.21. The van der Waals surface area contributed by atoms with Gasteiger partial charge in [0.15, 0.2) is 0 Å². The maximum Gasteiger partial charge on any atom is 0.321 e. The summed E-state index contributed by atoms with van der Waals surface area (Å²) in [5.41, 5.74) is 0. The van der Waals surface area contributed by atoms with Gasteiger partial charge >= 0.3 is 9.28 Å². The molecular formula is C14H24N2O4SSi. The van der Waals surface area contributed by atoms with Crippen LogP contribution in [-0.2, 0) is 18.7 Å². The van der Waals surface area contributed by atoms with E-state index in [1.165, 1.54) is 12.4 Å². The summed E-state index contributed by atoms with van der Waals surface area (Å²) in [6, 6.07) is 0.915. The van der Waals surface area contributed by atoms with Gasteiger partial charge in [-0.2, -0.15) is 0 Å². The molecular weight excluding hydrogens is 320 g/mol. The molecule has 0 aliphatic carbocycles. The lowest BCUT2D eigenvalue weighted by atomic mass is 10.1. The highest BCUT2D eigenvalue weighted by Gasteiger charge is 2.14. The number of hydrogen-bond acceptors (Lipinski definition) is 5. The van der Waals surface area contributed by atoms with E-state index in [4.69, 9.17) is 8.85 Å². The molecule has 0 aromatic carbocycles. The number of nitrogens with zero attached hydrogens (tertiary/aromatic N) is 1. The molecule has 22 heavy (non-hydrogen) atoms. The van der Waals surface area contributed by atoms with E-state index in [1.807, 2.05) is 20.8 Å². The third kappa shape index (κ3) is 6.75. The van der Waals surface area contributed by atoms with Crippen molar-refractivity contribution in [2.24, 2.45) is 5.92 Å². The highest BCUT2D eigenvalue weighted by molar-refractivity contribution is 7.95. The number of sulfone groups is 1. The molecule has 1 atom stereocenters. The molecule has 6 nitrogen and oxygen atoms in total. The monoisotopic (exact) mass is 344 g/mol. The fourth-order valence-corrected chi connectivity index (χ4v) is 4.49. The molecule has 1 aromatic heterocycles. The van der Waals surface area contributed by atoms with Gasteiger partial charge in [0.1, 0.15) is 0 Å². The molecule has 0 fully saturated rings. The Bertz CT molecular complexity index is 572. The van der Waals surface area contributed by atoms with Crippen molar-refractivity contribution >= 4 is 19.1 Å². The lowest BCUT2D eigenvalue weighted by Gasteiger charge is -2.14. The van der Waals surface area contributed by atoms with Crippen molar-refractivity contribution in [2.75, 3.05) is 13.2 Å². The van der Waals surface area contributed by atoms with Gasteiger partial charge < -0.3 is 13.8 Å². The molecule has 1 aromatic rings. The van der Waals surface area contributed by atoms with Gasteiger partial charge in [-0.05, 0) is 26.3 Å². The van der Waals surface area contributed by atoms with Gasteiger partial charge in [-0.15, -0.1) is 0 Å². The summed E-state index contributed by atoms with van der Waals surface area (Å²) >= 11 is 0. The SMILES string of the molecule is CCO[SiH](CCCC(C)C#CS(=O)(=O)c1ncc[nH]1)OCC. The number of hydrogen-bond donors (Lipinski definition) is 1. The Labute approximate surface area is 134 Å². The number of aromatic nitrogens is 2. The van der Waals surface area contributed by atoms with Gasteiger partial charge in [-0.3, -0.25) is 0 Å². The Morgan fingerprint density at radius 1 is 1.36 bits per heavy atom. The van der Waals surface area contributed by atoms with Crippen LogP contribution in [0.3, 0.4) is 0 Å². The first kappa shape index (κ1) is 18.9. The third-order valence-electron chi connectivity index (χ3n) is 2.95. The molecule has 1 rings (SSSR count). The molecule has 1 heterocycles. The second-order valence-electron chi connectivity index (χ2n) is 4.82. The standard InChI is InChI=1S/C14H24N2O4SSi/c1-4-19-22(20-5-2)12-6-7-13(3)8-11-21(17,18)14-15-9-10-16-14/h9-10,13,22H,4-7,12H2,1-3H3,(H,15,16). The van der Waals surface area contributed by atoms with E-state index >= 15 is 0 Å². The Balaban J connectivity index is 2.44. The van der Waals surface area contributed by atoms with Gasteiger partial charge in [-0.1, -0.05) is 19.3 Å². The second-order valence-corrected chi connectivity index (χ2v) is 8.52. The number of nitrogens with one attached hydrogen (secondary N) is 1. The Hall–Kier alpha value is -1.14. The Morgan fingerprint density at radius 2 is 2.05 bits per heavy atom. The first-order valence-corrected chi connectivity index (χ1v) is 10.7. The molecule has 124 valence electrons. The van der Waals surface area contributed by atoms with Crippen molar-refractivity contribution in [1.82, 2.24) is 9.97 Å². The highest BCUT2D eigenvalue weighted by Crippen LogP contribution is 2.11. The van der Waals surface area contributed by atoms with Crippen molar-refractivity contribution in [3.05, 3.63) is 12.4 Å². The van der Waals surface area contributed by atoms with E-state index in [0.29, 0.717) is 13.2 Å². The summed E-state index contributed by atoms with van der Waals surface area (Å²) in [6.45, 7) is 7.20. The second kappa shape index (κ2) is 9.79. The molecule has 0 spiro atoms. The van der Waals surface area contributed by atoms with Crippen LogP contribution in [0.5, 0.6) is 0 Å². The summed E-state index contributed by atoms with van der Waals surface area (Å²) < 4.78 is 34.9. The summed E-state index contributed by atoms with van der Waals surface area (Å²) in [5.74, 6) is 2.79. The van der Waals surface area contributed by atoms with Crippen LogP contribution < -0.4 is 0 Å². The van der Waals surface area contributed by atoms with Crippen LogP contribution in [-0.4, -0.2) is 40.9 Å². The number of rotatable bonds is 9. The predicted octanol–water partition coefficient (Wildman–Crippen LogP) is 1.85. The van der Waals surface area contributed by atoms with Crippen molar-refractivity contribution in [1.29, 1.82) is 0 Å². The fraction of sp³-hybridized carbons (Fsp3) is 0.643. The molecule has 1 unspecified atom stereocenters. The van der Waals surface area contributed by atoms with Gasteiger partial charge in [-0.25, -0.2) is 13.4 Å². The summed E-state index contributed by atoms with van der Waals surface area (Å²) in [4.78, 5) is 6.28. The Morgan fingerprint density at radius 3 is 2.59 bits per heavy atom. The average molecular weight is 345 g/mol. The maximum atomic E-state index is 11.8. The van der Waals surface area contributed by atoms with Crippen LogP contribution in [0, 0.1) is 17.1 Å². The van der Waals surface area contributed by atoms with E-state index in [2.05, 4.69) is 21.1 Å².